The number of carbonyl (C=O) groups is 1. The average Bonchev–Trinajstić information content (AvgIpc) is 3.27. The fourth-order valence-corrected chi connectivity index (χ4v) is 3.97. The number of hydrogen-bond donors (Lipinski definition) is 1. The highest BCUT2D eigenvalue weighted by atomic mass is 32.1. The summed E-state index contributed by atoms with van der Waals surface area (Å²) >= 11 is 1.70. The third-order valence-corrected chi connectivity index (χ3v) is 5.84. The Labute approximate surface area is 164 Å². The number of aromatic nitrogens is 2. The van der Waals surface area contributed by atoms with Crippen LogP contribution in [0.15, 0.2) is 41.8 Å². The van der Waals surface area contributed by atoms with E-state index in [0.29, 0.717) is 12.2 Å². The molecule has 0 fully saturated rings. The molecule has 0 aliphatic heterocycles. The summed E-state index contributed by atoms with van der Waals surface area (Å²) in [5.74, 6) is -0.149. The van der Waals surface area contributed by atoms with Crippen molar-refractivity contribution in [3.8, 4) is 11.3 Å². The van der Waals surface area contributed by atoms with Gasteiger partial charge in [-0.3, -0.25) is 9.48 Å². The first-order valence-corrected chi connectivity index (χ1v) is 9.84. The lowest BCUT2D eigenvalue weighted by Gasteiger charge is -2.23. The Morgan fingerprint density at radius 1 is 1.22 bits per heavy atom. The van der Waals surface area contributed by atoms with Gasteiger partial charge in [-0.15, -0.1) is 11.3 Å². The Kier molecular flexibility index (Phi) is 5.77. The van der Waals surface area contributed by atoms with Crippen LogP contribution in [0.3, 0.4) is 0 Å². The average molecular weight is 383 g/mol. The highest BCUT2D eigenvalue weighted by Crippen LogP contribution is 2.24. The quantitative estimate of drug-likeness (QED) is 0.705. The van der Waals surface area contributed by atoms with Crippen molar-refractivity contribution in [1.29, 1.82) is 0 Å². The normalized spacial score (nSPS) is 12.4. The summed E-state index contributed by atoms with van der Waals surface area (Å²) in [5, 5.41) is 9.51. The zero-order chi connectivity index (χ0) is 19.6. The van der Waals surface area contributed by atoms with E-state index >= 15 is 0 Å². The molecule has 3 aromatic rings. The lowest BCUT2D eigenvalue weighted by atomic mass is 10.0. The first-order chi connectivity index (χ1) is 12.9. The number of aryl methyl sites for hydroxylation is 3. The van der Waals surface area contributed by atoms with E-state index in [0.717, 1.165) is 11.3 Å². The van der Waals surface area contributed by atoms with Gasteiger partial charge in [0.2, 0.25) is 0 Å². The second kappa shape index (κ2) is 8.06. The molecule has 1 N–H and O–H groups in total. The number of amides is 1. The topological polar surface area (TPSA) is 50.2 Å². The van der Waals surface area contributed by atoms with Crippen LogP contribution in [0.5, 0.6) is 0 Å². The van der Waals surface area contributed by atoms with Crippen LogP contribution in [0.2, 0.25) is 0 Å². The van der Waals surface area contributed by atoms with Gasteiger partial charge in [-0.2, -0.15) is 5.10 Å². The zero-order valence-electron chi connectivity index (χ0n) is 16.5. The van der Waals surface area contributed by atoms with E-state index in [4.69, 9.17) is 0 Å². The number of rotatable bonds is 6. The molecule has 1 atom stereocenters. The van der Waals surface area contributed by atoms with E-state index in [1.54, 1.807) is 16.0 Å². The van der Waals surface area contributed by atoms with Gasteiger partial charge in [0.1, 0.15) is 0 Å². The SMILES string of the molecule is Cc1ccc(-c2cc(C(=O)NCC(c3cccs3)N(C)C)nn2C)cc1C. The van der Waals surface area contributed by atoms with Crippen LogP contribution in [0.1, 0.15) is 32.5 Å². The van der Waals surface area contributed by atoms with E-state index < -0.39 is 0 Å². The first-order valence-electron chi connectivity index (χ1n) is 8.96. The molecule has 5 nitrogen and oxygen atoms in total. The molecule has 0 saturated heterocycles. The van der Waals surface area contributed by atoms with Crippen molar-refractivity contribution < 1.29 is 4.79 Å². The number of benzene rings is 1. The maximum atomic E-state index is 12.7. The highest BCUT2D eigenvalue weighted by Gasteiger charge is 2.19. The van der Waals surface area contributed by atoms with Crippen LogP contribution in [-0.4, -0.2) is 41.2 Å². The Balaban J connectivity index is 1.75. The summed E-state index contributed by atoms with van der Waals surface area (Å²) in [5.41, 5.74) is 4.92. The van der Waals surface area contributed by atoms with Gasteiger partial charge in [-0.25, -0.2) is 0 Å². The molecule has 6 heteroatoms. The summed E-state index contributed by atoms with van der Waals surface area (Å²) in [6, 6.07) is 12.4. The standard InChI is InChI=1S/C21H26N4OS/c1-14-8-9-16(11-15(14)2)18-12-17(23-25(18)5)21(26)22-13-19(24(3)4)20-7-6-10-27-20/h6-12,19H,13H2,1-5H3,(H,22,26). The number of nitrogens with zero attached hydrogens (tertiary/aromatic N) is 3. The lowest BCUT2D eigenvalue weighted by molar-refractivity contribution is 0.0936. The van der Waals surface area contributed by atoms with E-state index in [1.165, 1.54) is 16.0 Å². The van der Waals surface area contributed by atoms with Gasteiger partial charge in [-0.05, 0) is 62.6 Å². The fourth-order valence-electron chi connectivity index (χ4n) is 3.05. The predicted molar refractivity (Wildman–Crippen MR) is 111 cm³/mol. The predicted octanol–water partition coefficient (Wildman–Crippen LogP) is 3.80. The van der Waals surface area contributed by atoms with Crippen LogP contribution in [0.4, 0.5) is 0 Å². The summed E-state index contributed by atoms with van der Waals surface area (Å²) in [7, 11) is 5.92. The number of hydrogen-bond acceptors (Lipinski definition) is 4. The first kappa shape index (κ1) is 19.3. The Bertz CT molecular complexity index is 928. The number of likely N-dealkylation sites (N-methyl/N-ethyl adjacent to an activating group) is 1. The minimum atomic E-state index is -0.149. The van der Waals surface area contributed by atoms with Crippen molar-refractivity contribution in [3.05, 3.63) is 63.5 Å². The second-order valence-corrected chi connectivity index (χ2v) is 8.02. The van der Waals surface area contributed by atoms with Crippen LogP contribution < -0.4 is 5.32 Å². The van der Waals surface area contributed by atoms with Gasteiger partial charge >= 0.3 is 0 Å². The summed E-state index contributed by atoms with van der Waals surface area (Å²) in [4.78, 5) is 16.0. The molecular formula is C21H26N4OS. The fraction of sp³-hybridized carbons (Fsp3) is 0.333. The highest BCUT2D eigenvalue weighted by molar-refractivity contribution is 7.10. The third-order valence-electron chi connectivity index (χ3n) is 4.87. The van der Waals surface area contributed by atoms with E-state index in [9.17, 15) is 4.79 Å². The van der Waals surface area contributed by atoms with Crippen LogP contribution >= 0.6 is 11.3 Å². The van der Waals surface area contributed by atoms with Crippen molar-refractivity contribution in [2.75, 3.05) is 20.6 Å². The summed E-state index contributed by atoms with van der Waals surface area (Å²) in [6.45, 7) is 4.73. The molecule has 0 spiro atoms. The maximum Gasteiger partial charge on any atom is 0.271 e. The molecular weight excluding hydrogens is 356 g/mol. The van der Waals surface area contributed by atoms with Gasteiger partial charge in [-0.1, -0.05) is 18.2 Å². The molecule has 1 unspecified atom stereocenters. The molecule has 0 radical (unpaired) electrons. The van der Waals surface area contributed by atoms with Crippen LogP contribution in [0.25, 0.3) is 11.3 Å². The van der Waals surface area contributed by atoms with Gasteiger partial charge in [0.15, 0.2) is 5.69 Å². The molecule has 1 amide bonds. The Morgan fingerprint density at radius 2 is 2.00 bits per heavy atom. The monoisotopic (exact) mass is 382 g/mol. The van der Waals surface area contributed by atoms with Crippen molar-refractivity contribution in [1.82, 2.24) is 20.0 Å². The Hall–Kier alpha value is -2.44. The van der Waals surface area contributed by atoms with Gasteiger partial charge in [0, 0.05) is 24.0 Å². The van der Waals surface area contributed by atoms with E-state index in [2.05, 4.69) is 58.8 Å². The largest absolute Gasteiger partial charge is 0.349 e. The molecule has 2 aromatic heterocycles. The molecule has 142 valence electrons. The second-order valence-electron chi connectivity index (χ2n) is 7.04. The van der Waals surface area contributed by atoms with Gasteiger partial charge in [0.05, 0.1) is 11.7 Å². The van der Waals surface area contributed by atoms with Crippen LogP contribution in [-0.2, 0) is 7.05 Å². The molecule has 1 aromatic carbocycles. The Morgan fingerprint density at radius 3 is 2.63 bits per heavy atom. The molecule has 2 heterocycles. The van der Waals surface area contributed by atoms with Crippen molar-refractivity contribution in [2.45, 2.75) is 19.9 Å². The van der Waals surface area contributed by atoms with Gasteiger partial charge in [0.25, 0.3) is 5.91 Å². The number of thiophene rings is 1. The smallest absolute Gasteiger partial charge is 0.271 e. The minimum Gasteiger partial charge on any atom is -0.349 e. The minimum absolute atomic E-state index is 0.149. The zero-order valence-corrected chi connectivity index (χ0v) is 17.3. The van der Waals surface area contributed by atoms with Gasteiger partial charge < -0.3 is 10.2 Å². The lowest BCUT2D eigenvalue weighted by Crippen LogP contribution is -2.34. The third kappa shape index (κ3) is 4.28. The van der Waals surface area contributed by atoms with Crippen LogP contribution in [0, 0.1) is 13.8 Å². The number of carbonyl (C=O) groups excluding carboxylic acids is 1. The van der Waals surface area contributed by atoms with Crippen molar-refractivity contribution >= 4 is 17.2 Å². The van der Waals surface area contributed by atoms with E-state index in [1.807, 2.05) is 33.3 Å². The summed E-state index contributed by atoms with van der Waals surface area (Å²) in [6.07, 6.45) is 0. The molecule has 0 bridgehead atoms. The van der Waals surface area contributed by atoms with Crippen molar-refractivity contribution in [3.63, 3.8) is 0 Å². The maximum absolute atomic E-state index is 12.7. The van der Waals surface area contributed by atoms with E-state index in [-0.39, 0.29) is 11.9 Å². The summed E-state index contributed by atoms with van der Waals surface area (Å²) < 4.78 is 1.77. The molecule has 3 rings (SSSR count). The molecule has 0 aliphatic carbocycles. The number of nitrogens with one attached hydrogen (secondary N) is 1. The van der Waals surface area contributed by atoms with Crippen molar-refractivity contribution in [2.24, 2.45) is 7.05 Å². The molecule has 0 aliphatic rings. The molecule has 0 saturated carbocycles. The molecule has 27 heavy (non-hydrogen) atoms.